The first-order valence-electron chi connectivity index (χ1n) is 7.70. The molecule has 2 aromatic carbocycles. The molecular weight excluding hydrogens is 394 g/mol. The Bertz CT molecular complexity index is 1090. The molecule has 0 aliphatic heterocycles. The Kier molecular flexibility index (Phi) is 5.33. The highest BCUT2D eigenvalue weighted by molar-refractivity contribution is 7.89. The first kappa shape index (κ1) is 19.1. The molecule has 3 rings (SSSR count). The Morgan fingerprint density at radius 2 is 1.81 bits per heavy atom. The van der Waals surface area contributed by atoms with E-state index in [2.05, 4.69) is 10.3 Å². The van der Waals surface area contributed by atoms with E-state index in [1.54, 1.807) is 17.5 Å². The second kappa shape index (κ2) is 7.53. The smallest absolute Gasteiger partial charge is 0.257 e. The van der Waals surface area contributed by atoms with Crippen LogP contribution in [0.15, 0.2) is 47.8 Å². The minimum Gasteiger partial charge on any atom is -0.298 e. The van der Waals surface area contributed by atoms with Gasteiger partial charge in [-0.25, -0.2) is 22.2 Å². The van der Waals surface area contributed by atoms with Crippen molar-refractivity contribution >= 4 is 32.2 Å². The maximum atomic E-state index is 13.3. The average molecular weight is 408 g/mol. The van der Waals surface area contributed by atoms with Crippen molar-refractivity contribution in [1.29, 1.82) is 0 Å². The summed E-state index contributed by atoms with van der Waals surface area (Å²) in [4.78, 5) is 16.5. The number of aromatic nitrogens is 1. The molecule has 5 nitrogen and oxygen atoms in total. The molecule has 0 aliphatic carbocycles. The van der Waals surface area contributed by atoms with Gasteiger partial charge in [0.05, 0.1) is 11.4 Å². The van der Waals surface area contributed by atoms with Crippen LogP contribution in [0.25, 0.3) is 11.3 Å². The van der Waals surface area contributed by atoms with E-state index in [9.17, 15) is 22.0 Å². The van der Waals surface area contributed by atoms with E-state index in [1.165, 1.54) is 18.2 Å². The van der Waals surface area contributed by atoms with Crippen LogP contribution in [0.4, 0.5) is 13.9 Å². The van der Waals surface area contributed by atoms with E-state index in [0.29, 0.717) is 27.5 Å². The van der Waals surface area contributed by atoms with Crippen molar-refractivity contribution in [3.8, 4) is 11.3 Å². The van der Waals surface area contributed by atoms with Crippen LogP contribution in [0.1, 0.15) is 15.9 Å². The second-order valence-corrected chi connectivity index (χ2v) is 8.89. The van der Waals surface area contributed by atoms with Crippen molar-refractivity contribution in [1.82, 2.24) is 4.98 Å². The molecule has 9 heteroatoms. The van der Waals surface area contributed by atoms with Crippen LogP contribution in [0.5, 0.6) is 0 Å². The first-order valence-corrected chi connectivity index (χ1v) is 10.6. The maximum Gasteiger partial charge on any atom is 0.257 e. The number of amides is 1. The normalized spacial score (nSPS) is 11.4. The average Bonchev–Trinajstić information content (AvgIpc) is 3.05. The summed E-state index contributed by atoms with van der Waals surface area (Å²) in [7, 11) is -3.15. The Balaban J connectivity index is 1.71. The van der Waals surface area contributed by atoms with Gasteiger partial charge >= 0.3 is 0 Å². The van der Waals surface area contributed by atoms with Crippen molar-refractivity contribution in [3.63, 3.8) is 0 Å². The van der Waals surface area contributed by atoms with E-state index in [1.807, 2.05) is 0 Å². The Labute approximate surface area is 158 Å². The predicted molar refractivity (Wildman–Crippen MR) is 100 cm³/mol. The van der Waals surface area contributed by atoms with Crippen LogP contribution in [0, 0.1) is 11.6 Å². The fraction of sp³-hybridized carbons (Fsp3) is 0.111. The van der Waals surface area contributed by atoms with Crippen molar-refractivity contribution in [2.75, 3.05) is 11.6 Å². The molecule has 1 aromatic heterocycles. The van der Waals surface area contributed by atoms with Crippen LogP contribution >= 0.6 is 11.3 Å². The number of halogens is 2. The van der Waals surface area contributed by atoms with Gasteiger partial charge in [-0.05, 0) is 35.9 Å². The van der Waals surface area contributed by atoms with E-state index in [0.717, 1.165) is 29.7 Å². The lowest BCUT2D eigenvalue weighted by molar-refractivity contribution is 0.102. The summed E-state index contributed by atoms with van der Waals surface area (Å²) in [6.07, 6.45) is 1.14. The molecular formula is C18H14F2N2O3S2. The number of hydrogen-bond donors (Lipinski definition) is 1. The summed E-state index contributed by atoms with van der Waals surface area (Å²) in [5.74, 6) is -2.42. The predicted octanol–water partition coefficient (Wildman–Crippen LogP) is 3.89. The van der Waals surface area contributed by atoms with Crippen LogP contribution in [-0.2, 0) is 15.6 Å². The molecule has 27 heavy (non-hydrogen) atoms. The van der Waals surface area contributed by atoms with Gasteiger partial charge in [0.15, 0.2) is 26.6 Å². The summed E-state index contributed by atoms with van der Waals surface area (Å²) in [6.45, 7) is 0. The molecule has 1 N–H and O–H groups in total. The van der Waals surface area contributed by atoms with Crippen molar-refractivity contribution < 1.29 is 22.0 Å². The molecule has 0 saturated heterocycles. The molecule has 0 unspecified atom stereocenters. The molecule has 0 atom stereocenters. The van der Waals surface area contributed by atoms with Gasteiger partial charge in [0.1, 0.15) is 0 Å². The number of rotatable bonds is 5. The third-order valence-electron chi connectivity index (χ3n) is 3.58. The molecule has 0 aliphatic rings. The lowest BCUT2D eigenvalue weighted by Gasteiger charge is -2.04. The summed E-state index contributed by atoms with van der Waals surface area (Å²) in [6, 6.07) is 9.66. The number of benzene rings is 2. The zero-order chi connectivity index (χ0) is 19.6. The van der Waals surface area contributed by atoms with E-state index >= 15 is 0 Å². The van der Waals surface area contributed by atoms with Gasteiger partial charge in [-0.15, -0.1) is 11.3 Å². The molecule has 0 saturated carbocycles. The lowest BCUT2D eigenvalue weighted by atomic mass is 10.1. The van der Waals surface area contributed by atoms with Crippen LogP contribution in [-0.4, -0.2) is 25.6 Å². The number of sulfone groups is 1. The highest BCUT2D eigenvalue weighted by Gasteiger charge is 2.12. The van der Waals surface area contributed by atoms with Gasteiger partial charge in [0.2, 0.25) is 0 Å². The van der Waals surface area contributed by atoms with Gasteiger partial charge in [0.25, 0.3) is 5.91 Å². The first-order chi connectivity index (χ1) is 12.7. The largest absolute Gasteiger partial charge is 0.298 e. The SMILES string of the molecule is CS(=O)(=O)Cc1ccc(C(=O)Nc2nc(-c3ccc(F)c(F)c3)cs2)cc1. The second-order valence-electron chi connectivity index (χ2n) is 5.89. The van der Waals surface area contributed by atoms with Crippen LogP contribution in [0.3, 0.4) is 0 Å². The maximum absolute atomic E-state index is 13.3. The van der Waals surface area contributed by atoms with Crippen molar-refractivity contribution in [2.24, 2.45) is 0 Å². The Morgan fingerprint density at radius 1 is 1.11 bits per heavy atom. The number of hydrogen-bond acceptors (Lipinski definition) is 5. The van der Waals surface area contributed by atoms with Crippen LogP contribution in [0.2, 0.25) is 0 Å². The van der Waals surface area contributed by atoms with E-state index in [-0.39, 0.29) is 5.75 Å². The summed E-state index contributed by atoms with van der Waals surface area (Å²) in [5.41, 5.74) is 1.74. The van der Waals surface area contributed by atoms with Crippen molar-refractivity contribution in [2.45, 2.75) is 5.75 Å². The topological polar surface area (TPSA) is 76.1 Å². The minimum absolute atomic E-state index is 0.0982. The molecule has 140 valence electrons. The summed E-state index contributed by atoms with van der Waals surface area (Å²) >= 11 is 1.15. The monoisotopic (exact) mass is 408 g/mol. The van der Waals surface area contributed by atoms with Gasteiger partial charge in [-0.1, -0.05) is 12.1 Å². The summed E-state index contributed by atoms with van der Waals surface area (Å²) in [5, 5.41) is 4.55. The fourth-order valence-corrected chi connectivity index (χ4v) is 3.86. The molecule has 1 amide bonds. The number of carbonyl (C=O) groups excluding carboxylic acids is 1. The molecule has 3 aromatic rings. The third kappa shape index (κ3) is 4.95. The molecule has 0 spiro atoms. The number of nitrogens with one attached hydrogen (secondary N) is 1. The van der Waals surface area contributed by atoms with Crippen molar-refractivity contribution in [3.05, 3.63) is 70.6 Å². The number of carbonyl (C=O) groups is 1. The number of nitrogens with zero attached hydrogens (tertiary/aromatic N) is 1. The number of thiazole rings is 1. The zero-order valence-electron chi connectivity index (χ0n) is 14.1. The zero-order valence-corrected chi connectivity index (χ0v) is 15.7. The summed E-state index contributed by atoms with van der Waals surface area (Å²) < 4.78 is 48.9. The van der Waals surface area contributed by atoms with Gasteiger partial charge < -0.3 is 0 Å². The molecule has 0 fully saturated rings. The van der Waals surface area contributed by atoms with E-state index < -0.39 is 27.4 Å². The Morgan fingerprint density at radius 3 is 2.44 bits per heavy atom. The fourth-order valence-electron chi connectivity index (χ4n) is 2.34. The molecule has 1 heterocycles. The highest BCUT2D eigenvalue weighted by atomic mass is 32.2. The molecule has 0 radical (unpaired) electrons. The standard InChI is InChI=1S/C18H14F2N2O3S2/c1-27(24,25)10-11-2-4-12(5-3-11)17(23)22-18-21-16(9-26-18)13-6-7-14(19)15(20)8-13/h2-9H,10H2,1H3,(H,21,22,23). The third-order valence-corrected chi connectivity index (χ3v) is 5.20. The van der Waals surface area contributed by atoms with Gasteiger partial charge in [-0.3, -0.25) is 10.1 Å². The van der Waals surface area contributed by atoms with Gasteiger partial charge in [-0.2, -0.15) is 0 Å². The quantitative estimate of drug-likeness (QED) is 0.695. The minimum atomic E-state index is -3.15. The Hall–Kier alpha value is -2.65. The number of anilines is 1. The lowest BCUT2D eigenvalue weighted by Crippen LogP contribution is -2.11. The van der Waals surface area contributed by atoms with Gasteiger partial charge in [0, 0.05) is 22.8 Å². The molecule has 0 bridgehead atoms. The van der Waals surface area contributed by atoms with Crippen LogP contribution < -0.4 is 5.32 Å². The highest BCUT2D eigenvalue weighted by Crippen LogP contribution is 2.26. The van der Waals surface area contributed by atoms with E-state index in [4.69, 9.17) is 0 Å².